The Bertz CT molecular complexity index is 593. The highest BCUT2D eigenvalue weighted by Crippen LogP contribution is 2.32. The van der Waals surface area contributed by atoms with Gasteiger partial charge in [0, 0.05) is 17.7 Å². The van der Waals surface area contributed by atoms with Crippen molar-refractivity contribution >= 4 is 0 Å². The van der Waals surface area contributed by atoms with Crippen LogP contribution in [0, 0.1) is 5.82 Å². The van der Waals surface area contributed by atoms with Crippen molar-refractivity contribution in [2.24, 2.45) is 0 Å². The van der Waals surface area contributed by atoms with Gasteiger partial charge in [0.25, 0.3) is 0 Å². The van der Waals surface area contributed by atoms with Crippen LogP contribution in [0.4, 0.5) is 4.39 Å². The molecule has 0 unspecified atom stereocenters. The lowest BCUT2D eigenvalue weighted by molar-refractivity contribution is -0.00000554. The van der Waals surface area contributed by atoms with E-state index in [0.29, 0.717) is 23.6 Å². The van der Waals surface area contributed by atoms with Crippen LogP contribution < -0.4 is 27.2 Å². The molecule has 0 atom stereocenters. The summed E-state index contributed by atoms with van der Waals surface area (Å²) in [6, 6.07) is 12.3. The SMILES string of the molecule is CCNCc1cccc(OC)c1OCc1ccccc1F.[Cl-]. The van der Waals surface area contributed by atoms with Crippen molar-refractivity contribution in [2.45, 2.75) is 20.1 Å². The molecule has 22 heavy (non-hydrogen) atoms. The number of ether oxygens (including phenoxy) is 2. The molecule has 0 amide bonds. The average Bonchev–Trinajstić information content (AvgIpc) is 2.52. The molecule has 2 aromatic rings. The van der Waals surface area contributed by atoms with Gasteiger partial charge in [0.1, 0.15) is 12.4 Å². The summed E-state index contributed by atoms with van der Waals surface area (Å²) in [7, 11) is 1.60. The molecule has 0 aliphatic rings. The van der Waals surface area contributed by atoms with Crippen molar-refractivity contribution < 1.29 is 26.3 Å². The van der Waals surface area contributed by atoms with Crippen molar-refractivity contribution in [3.05, 3.63) is 59.4 Å². The lowest BCUT2D eigenvalue weighted by Crippen LogP contribution is -3.00. The normalized spacial score (nSPS) is 9.95. The van der Waals surface area contributed by atoms with E-state index in [1.54, 1.807) is 25.3 Å². The Morgan fingerprint density at radius 3 is 2.45 bits per heavy atom. The number of para-hydroxylation sites is 1. The minimum absolute atomic E-state index is 0. The summed E-state index contributed by atoms with van der Waals surface area (Å²) in [5.41, 5.74) is 1.52. The summed E-state index contributed by atoms with van der Waals surface area (Å²) in [5, 5.41) is 3.26. The Hall–Kier alpha value is -1.78. The molecule has 0 spiro atoms. The highest BCUT2D eigenvalue weighted by atomic mass is 35.5. The van der Waals surface area contributed by atoms with Gasteiger partial charge in [-0.25, -0.2) is 4.39 Å². The molecule has 5 heteroatoms. The summed E-state index contributed by atoms with van der Waals surface area (Å²) < 4.78 is 24.8. The van der Waals surface area contributed by atoms with Gasteiger partial charge >= 0.3 is 0 Å². The van der Waals surface area contributed by atoms with Crippen molar-refractivity contribution in [1.82, 2.24) is 5.32 Å². The van der Waals surface area contributed by atoms with Crippen LogP contribution in [-0.2, 0) is 13.2 Å². The van der Waals surface area contributed by atoms with Crippen LogP contribution in [0.5, 0.6) is 11.5 Å². The summed E-state index contributed by atoms with van der Waals surface area (Å²) in [6.45, 7) is 3.76. The fourth-order valence-corrected chi connectivity index (χ4v) is 2.05. The number of halogens is 2. The van der Waals surface area contributed by atoms with Gasteiger partial charge in [-0.2, -0.15) is 0 Å². The third kappa shape index (κ3) is 4.61. The third-order valence-electron chi connectivity index (χ3n) is 3.18. The first kappa shape index (κ1) is 18.3. The summed E-state index contributed by atoms with van der Waals surface area (Å²) >= 11 is 0. The fourth-order valence-electron chi connectivity index (χ4n) is 2.05. The Morgan fingerprint density at radius 1 is 1.05 bits per heavy atom. The zero-order valence-corrected chi connectivity index (χ0v) is 13.5. The predicted molar refractivity (Wildman–Crippen MR) is 81.1 cm³/mol. The lowest BCUT2D eigenvalue weighted by Gasteiger charge is -2.15. The molecule has 3 nitrogen and oxygen atoms in total. The zero-order chi connectivity index (χ0) is 15.1. The molecule has 0 aliphatic heterocycles. The molecular weight excluding hydrogens is 305 g/mol. The van der Waals surface area contributed by atoms with Gasteiger partial charge in [-0.15, -0.1) is 0 Å². The van der Waals surface area contributed by atoms with Crippen LogP contribution in [0.25, 0.3) is 0 Å². The highest BCUT2D eigenvalue weighted by Gasteiger charge is 2.11. The Morgan fingerprint density at radius 2 is 1.77 bits per heavy atom. The van der Waals surface area contributed by atoms with Gasteiger partial charge in [0.15, 0.2) is 11.5 Å². The third-order valence-corrected chi connectivity index (χ3v) is 3.18. The molecule has 0 saturated carbocycles. The van der Waals surface area contributed by atoms with Crippen LogP contribution in [0.2, 0.25) is 0 Å². The minimum Gasteiger partial charge on any atom is -1.00 e. The lowest BCUT2D eigenvalue weighted by atomic mass is 10.1. The first-order valence-corrected chi connectivity index (χ1v) is 6.99. The van der Waals surface area contributed by atoms with Crippen LogP contribution in [0.1, 0.15) is 18.1 Å². The first-order valence-electron chi connectivity index (χ1n) is 6.99. The molecule has 0 aromatic heterocycles. The molecule has 2 rings (SSSR count). The van der Waals surface area contributed by atoms with Gasteiger partial charge in [0.05, 0.1) is 7.11 Å². The van der Waals surface area contributed by atoms with Gasteiger partial charge in [-0.1, -0.05) is 37.3 Å². The number of rotatable bonds is 7. The van der Waals surface area contributed by atoms with Crippen LogP contribution in [-0.4, -0.2) is 13.7 Å². The highest BCUT2D eigenvalue weighted by molar-refractivity contribution is 5.46. The van der Waals surface area contributed by atoms with Crippen molar-refractivity contribution in [3.63, 3.8) is 0 Å². The molecule has 0 aliphatic carbocycles. The summed E-state index contributed by atoms with van der Waals surface area (Å²) in [4.78, 5) is 0. The fraction of sp³-hybridized carbons (Fsp3) is 0.294. The second kappa shape index (κ2) is 9.28. The first-order chi connectivity index (χ1) is 10.3. The van der Waals surface area contributed by atoms with E-state index < -0.39 is 0 Å². The van der Waals surface area contributed by atoms with E-state index in [4.69, 9.17) is 9.47 Å². The van der Waals surface area contributed by atoms with Crippen molar-refractivity contribution in [1.29, 1.82) is 0 Å². The predicted octanol–water partition coefficient (Wildman–Crippen LogP) is 0.527. The largest absolute Gasteiger partial charge is 1.00 e. The molecule has 1 N–H and O–H groups in total. The van der Waals surface area contributed by atoms with Crippen molar-refractivity contribution in [3.8, 4) is 11.5 Å². The second-order valence-electron chi connectivity index (χ2n) is 4.61. The van der Waals surface area contributed by atoms with Crippen LogP contribution >= 0.6 is 0 Å². The maximum absolute atomic E-state index is 13.7. The molecule has 2 aromatic carbocycles. The van der Waals surface area contributed by atoms with E-state index in [1.807, 2.05) is 25.1 Å². The summed E-state index contributed by atoms with van der Waals surface area (Å²) in [5.74, 6) is 1.05. The van der Waals surface area contributed by atoms with Crippen LogP contribution in [0.15, 0.2) is 42.5 Å². The van der Waals surface area contributed by atoms with Gasteiger partial charge in [-0.05, 0) is 18.7 Å². The molecule has 0 saturated heterocycles. The number of hydrogen-bond donors (Lipinski definition) is 1. The molecule has 0 heterocycles. The van der Waals surface area contributed by atoms with E-state index in [1.165, 1.54) is 6.07 Å². The van der Waals surface area contributed by atoms with Gasteiger partial charge < -0.3 is 27.2 Å². The smallest absolute Gasteiger partial charge is 0.166 e. The quantitative estimate of drug-likeness (QED) is 0.806. The van der Waals surface area contributed by atoms with Crippen LogP contribution in [0.3, 0.4) is 0 Å². The Balaban J connectivity index is 0.00000242. The maximum atomic E-state index is 13.7. The number of nitrogens with one attached hydrogen (secondary N) is 1. The minimum atomic E-state index is -0.263. The second-order valence-corrected chi connectivity index (χ2v) is 4.61. The average molecular weight is 325 g/mol. The standard InChI is InChI=1S/C17H20FNO2.ClH/c1-3-19-11-13-8-6-10-16(20-2)17(13)21-12-14-7-4-5-9-15(14)18;/h4-10,19H,3,11-12H2,1-2H3;1H/p-1. The van der Waals surface area contributed by atoms with Gasteiger partial charge in [0.2, 0.25) is 0 Å². The Kier molecular flexibility index (Phi) is 7.71. The number of hydrogen-bond acceptors (Lipinski definition) is 3. The van der Waals surface area contributed by atoms with E-state index in [2.05, 4.69) is 5.32 Å². The molecule has 0 radical (unpaired) electrons. The van der Waals surface area contributed by atoms with Gasteiger partial charge in [-0.3, -0.25) is 0 Å². The molecule has 120 valence electrons. The maximum Gasteiger partial charge on any atom is 0.166 e. The Labute approximate surface area is 136 Å². The molecule has 0 fully saturated rings. The summed E-state index contributed by atoms with van der Waals surface area (Å²) in [6.07, 6.45) is 0. The van der Waals surface area contributed by atoms with E-state index in [-0.39, 0.29) is 24.8 Å². The number of methoxy groups -OCH3 is 1. The molecule has 0 bridgehead atoms. The zero-order valence-electron chi connectivity index (χ0n) is 12.7. The van der Waals surface area contributed by atoms with E-state index >= 15 is 0 Å². The molecular formula is C17H20ClFNO2-. The van der Waals surface area contributed by atoms with E-state index in [0.717, 1.165) is 12.1 Å². The van der Waals surface area contributed by atoms with Crippen molar-refractivity contribution in [2.75, 3.05) is 13.7 Å². The topological polar surface area (TPSA) is 30.5 Å². The van der Waals surface area contributed by atoms with E-state index in [9.17, 15) is 4.39 Å². The number of benzene rings is 2. The monoisotopic (exact) mass is 324 g/mol.